The molecule has 2 aliphatic carbocycles. The van der Waals surface area contributed by atoms with Crippen molar-refractivity contribution in [1.82, 2.24) is 3.11 Å². The summed E-state index contributed by atoms with van der Waals surface area (Å²) in [5.74, 6) is 0.942. The van der Waals surface area contributed by atoms with Crippen molar-refractivity contribution in [2.75, 3.05) is 6.54 Å². The van der Waals surface area contributed by atoms with Gasteiger partial charge in [0.05, 0.1) is 0 Å². The fourth-order valence-corrected chi connectivity index (χ4v) is 3.34. The number of fused-ring (bicyclic) bond motifs is 1. The van der Waals surface area contributed by atoms with Crippen LogP contribution in [0.5, 0.6) is 0 Å². The summed E-state index contributed by atoms with van der Waals surface area (Å²) in [5.41, 5.74) is 3.47. The number of allylic oxidation sites excluding steroid dienone is 2. The van der Waals surface area contributed by atoms with E-state index in [4.69, 9.17) is 0 Å². The highest BCUT2D eigenvalue weighted by Crippen LogP contribution is 2.45. The Morgan fingerprint density at radius 3 is 3.00 bits per heavy atom. The van der Waals surface area contributed by atoms with Gasteiger partial charge in [-0.25, -0.2) is 3.11 Å². The Morgan fingerprint density at radius 1 is 1.38 bits per heavy atom. The third kappa shape index (κ3) is 1.38. The van der Waals surface area contributed by atoms with E-state index in [0.717, 1.165) is 12.0 Å². The lowest BCUT2D eigenvalue weighted by atomic mass is 9.91. The molecule has 0 aromatic heterocycles. The monoisotopic (exact) mass is 287 g/mol. The second-order valence-electron chi connectivity index (χ2n) is 4.28. The summed E-state index contributed by atoms with van der Waals surface area (Å²) in [5, 5.41) is 0. The molecule has 1 nitrogen and oxygen atoms in total. The highest BCUT2D eigenvalue weighted by atomic mass is 127. The zero-order valence-electron chi connectivity index (χ0n) is 7.67. The lowest BCUT2D eigenvalue weighted by Gasteiger charge is -2.22. The fourth-order valence-electron chi connectivity index (χ4n) is 2.54. The normalized spacial score (nSPS) is 34.1. The predicted octanol–water partition coefficient (Wildman–Crippen LogP) is 3.08. The van der Waals surface area contributed by atoms with Crippen LogP contribution in [0, 0.1) is 5.92 Å². The second-order valence-corrected chi connectivity index (χ2v) is 5.52. The van der Waals surface area contributed by atoms with Crippen LogP contribution >= 0.6 is 22.9 Å². The van der Waals surface area contributed by atoms with Gasteiger partial charge in [0.1, 0.15) is 0 Å². The Kier molecular flexibility index (Phi) is 2.01. The first-order valence-electron chi connectivity index (χ1n) is 5.18. The molecule has 70 valence electrons. The van der Waals surface area contributed by atoms with E-state index >= 15 is 0 Å². The third-order valence-electron chi connectivity index (χ3n) is 3.38. The molecule has 1 saturated heterocycles. The van der Waals surface area contributed by atoms with Crippen molar-refractivity contribution in [3.8, 4) is 0 Å². The maximum absolute atomic E-state index is 2.49. The summed E-state index contributed by atoms with van der Waals surface area (Å²) in [7, 11) is 0. The van der Waals surface area contributed by atoms with Crippen molar-refractivity contribution >= 4 is 22.9 Å². The Labute approximate surface area is 93.4 Å². The molecule has 1 saturated carbocycles. The average Bonchev–Trinajstić information content (AvgIpc) is 2.92. The Bertz CT molecular complexity index is 288. The van der Waals surface area contributed by atoms with E-state index in [1.54, 1.807) is 11.1 Å². The SMILES string of the molecule is IN1CCC2=C(C3CC3)C=CCC21. The summed E-state index contributed by atoms with van der Waals surface area (Å²) in [6.07, 6.45) is 10.2. The molecule has 0 spiro atoms. The number of rotatable bonds is 1. The molecule has 0 radical (unpaired) electrons. The van der Waals surface area contributed by atoms with E-state index in [0.29, 0.717) is 0 Å². The first-order chi connectivity index (χ1) is 6.36. The molecule has 1 atom stereocenters. The molecule has 1 aliphatic heterocycles. The molecule has 0 bridgehead atoms. The molecule has 3 aliphatic rings. The molecule has 3 rings (SSSR count). The second kappa shape index (κ2) is 3.09. The van der Waals surface area contributed by atoms with Crippen LogP contribution in [0.2, 0.25) is 0 Å². The van der Waals surface area contributed by atoms with Gasteiger partial charge in [0.15, 0.2) is 0 Å². The summed E-state index contributed by atoms with van der Waals surface area (Å²) < 4.78 is 2.49. The summed E-state index contributed by atoms with van der Waals surface area (Å²) in [6.45, 7) is 1.26. The fraction of sp³-hybridized carbons (Fsp3) is 0.636. The standard InChI is InChI=1S/C11H14IN/c12-13-7-6-10-9(8-4-5-8)2-1-3-11(10)13/h1-2,8,11H,3-7H2. The molecule has 1 heterocycles. The van der Waals surface area contributed by atoms with Gasteiger partial charge in [0.2, 0.25) is 0 Å². The van der Waals surface area contributed by atoms with Crippen LogP contribution in [0.25, 0.3) is 0 Å². The first-order valence-corrected chi connectivity index (χ1v) is 6.14. The number of nitrogens with zero attached hydrogens (tertiary/aromatic N) is 1. The highest BCUT2D eigenvalue weighted by molar-refractivity contribution is 14.1. The minimum Gasteiger partial charge on any atom is -0.240 e. The molecular weight excluding hydrogens is 273 g/mol. The van der Waals surface area contributed by atoms with Crippen molar-refractivity contribution in [1.29, 1.82) is 0 Å². The van der Waals surface area contributed by atoms with Crippen molar-refractivity contribution < 1.29 is 0 Å². The van der Waals surface area contributed by atoms with Gasteiger partial charge in [-0.05, 0) is 42.7 Å². The Balaban J connectivity index is 1.97. The van der Waals surface area contributed by atoms with Crippen LogP contribution in [-0.4, -0.2) is 15.7 Å². The maximum atomic E-state index is 2.49. The third-order valence-corrected chi connectivity index (χ3v) is 4.53. The zero-order valence-corrected chi connectivity index (χ0v) is 9.83. The van der Waals surface area contributed by atoms with E-state index in [1.807, 2.05) is 0 Å². The zero-order chi connectivity index (χ0) is 8.84. The van der Waals surface area contributed by atoms with Gasteiger partial charge < -0.3 is 0 Å². The minimum absolute atomic E-state index is 0.751. The van der Waals surface area contributed by atoms with E-state index < -0.39 is 0 Å². The van der Waals surface area contributed by atoms with Gasteiger partial charge in [-0.1, -0.05) is 12.2 Å². The van der Waals surface area contributed by atoms with Crippen LogP contribution in [0.1, 0.15) is 25.7 Å². The van der Waals surface area contributed by atoms with Gasteiger partial charge in [-0.15, -0.1) is 0 Å². The smallest absolute Gasteiger partial charge is 0.0444 e. The van der Waals surface area contributed by atoms with Crippen molar-refractivity contribution in [3.63, 3.8) is 0 Å². The number of halogens is 1. The number of hydrogen-bond acceptors (Lipinski definition) is 1. The predicted molar refractivity (Wildman–Crippen MR) is 62.6 cm³/mol. The summed E-state index contributed by atoms with van der Waals surface area (Å²) >= 11 is 2.49. The van der Waals surface area contributed by atoms with E-state index in [2.05, 4.69) is 38.1 Å². The van der Waals surface area contributed by atoms with Gasteiger partial charge in [0.25, 0.3) is 0 Å². The summed E-state index contributed by atoms with van der Waals surface area (Å²) in [4.78, 5) is 0. The largest absolute Gasteiger partial charge is 0.240 e. The van der Waals surface area contributed by atoms with Gasteiger partial charge in [0, 0.05) is 35.5 Å². The van der Waals surface area contributed by atoms with Crippen LogP contribution in [-0.2, 0) is 0 Å². The van der Waals surface area contributed by atoms with Gasteiger partial charge >= 0.3 is 0 Å². The van der Waals surface area contributed by atoms with E-state index in [-0.39, 0.29) is 0 Å². The molecule has 0 aromatic carbocycles. The van der Waals surface area contributed by atoms with Crippen molar-refractivity contribution in [2.45, 2.75) is 31.7 Å². The molecule has 0 N–H and O–H groups in total. The van der Waals surface area contributed by atoms with Crippen molar-refractivity contribution in [2.24, 2.45) is 5.92 Å². The lowest BCUT2D eigenvalue weighted by molar-refractivity contribution is 0.500. The molecular formula is C11H14IN. The highest BCUT2D eigenvalue weighted by Gasteiger charge is 2.35. The van der Waals surface area contributed by atoms with Crippen LogP contribution in [0.4, 0.5) is 0 Å². The molecule has 13 heavy (non-hydrogen) atoms. The summed E-state index contributed by atoms with van der Waals surface area (Å²) in [6, 6.07) is 0.751. The first kappa shape index (κ1) is 8.48. The molecule has 1 unspecified atom stereocenters. The number of hydrogen-bond donors (Lipinski definition) is 0. The van der Waals surface area contributed by atoms with Crippen molar-refractivity contribution in [3.05, 3.63) is 23.3 Å². The molecule has 0 aromatic rings. The quantitative estimate of drug-likeness (QED) is 0.529. The Hall–Kier alpha value is 0.170. The topological polar surface area (TPSA) is 3.24 Å². The van der Waals surface area contributed by atoms with Gasteiger partial charge in [-0.2, -0.15) is 0 Å². The van der Waals surface area contributed by atoms with Crippen LogP contribution < -0.4 is 0 Å². The lowest BCUT2D eigenvalue weighted by Crippen LogP contribution is -2.21. The van der Waals surface area contributed by atoms with Crippen LogP contribution in [0.15, 0.2) is 23.3 Å². The molecule has 2 heteroatoms. The maximum Gasteiger partial charge on any atom is 0.0444 e. The van der Waals surface area contributed by atoms with Gasteiger partial charge in [-0.3, -0.25) is 0 Å². The minimum atomic E-state index is 0.751. The average molecular weight is 287 g/mol. The molecule has 2 fully saturated rings. The Morgan fingerprint density at radius 2 is 2.23 bits per heavy atom. The van der Waals surface area contributed by atoms with E-state index in [1.165, 1.54) is 32.2 Å². The van der Waals surface area contributed by atoms with E-state index in [9.17, 15) is 0 Å². The van der Waals surface area contributed by atoms with Crippen LogP contribution in [0.3, 0.4) is 0 Å². The molecule has 0 amide bonds.